The molecule has 1 saturated carbocycles. The number of aromatic nitrogens is 1. The second-order valence-electron chi connectivity index (χ2n) is 4.72. The Bertz CT molecular complexity index is 378. The molecule has 1 aliphatic carbocycles. The average Bonchev–Trinajstić information content (AvgIpc) is 2.35. The van der Waals surface area contributed by atoms with Crippen LogP contribution in [0.2, 0.25) is 0 Å². The summed E-state index contributed by atoms with van der Waals surface area (Å²) in [6.45, 7) is 2.24. The van der Waals surface area contributed by atoms with Gasteiger partial charge in [0.15, 0.2) is 5.82 Å². The van der Waals surface area contributed by atoms with Gasteiger partial charge in [-0.2, -0.15) is 0 Å². The molecular formula is C13H17ClFNO. The molecular weight excluding hydrogens is 241 g/mol. The summed E-state index contributed by atoms with van der Waals surface area (Å²) in [6, 6.07) is 1.58. The molecule has 0 spiro atoms. The van der Waals surface area contributed by atoms with Crippen LogP contribution in [-0.2, 0) is 5.88 Å². The van der Waals surface area contributed by atoms with Crippen LogP contribution in [0.25, 0.3) is 0 Å². The van der Waals surface area contributed by atoms with Crippen molar-refractivity contribution in [2.75, 3.05) is 0 Å². The van der Waals surface area contributed by atoms with Crippen LogP contribution < -0.4 is 4.74 Å². The van der Waals surface area contributed by atoms with Crippen LogP contribution in [0.5, 0.6) is 5.88 Å². The lowest BCUT2D eigenvalue weighted by Crippen LogP contribution is -2.24. The quantitative estimate of drug-likeness (QED) is 0.766. The summed E-state index contributed by atoms with van der Waals surface area (Å²) < 4.78 is 19.5. The summed E-state index contributed by atoms with van der Waals surface area (Å²) in [5.41, 5.74) is 0.445. The lowest BCUT2D eigenvalue weighted by molar-refractivity contribution is 0.124. The fourth-order valence-corrected chi connectivity index (χ4v) is 2.36. The third-order valence-electron chi connectivity index (χ3n) is 3.32. The van der Waals surface area contributed by atoms with Crippen LogP contribution in [-0.4, -0.2) is 11.1 Å². The molecule has 1 aliphatic rings. The molecule has 1 aromatic heterocycles. The molecule has 4 heteroatoms. The van der Waals surface area contributed by atoms with Crippen LogP contribution >= 0.6 is 11.6 Å². The first kappa shape index (κ1) is 12.6. The van der Waals surface area contributed by atoms with Gasteiger partial charge in [-0.25, -0.2) is 9.37 Å². The minimum atomic E-state index is -0.416. The molecule has 2 nitrogen and oxygen atoms in total. The Balaban J connectivity index is 2.03. The molecule has 0 saturated heterocycles. The zero-order valence-electron chi connectivity index (χ0n) is 9.96. The highest BCUT2D eigenvalue weighted by Crippen LogP contribution is 2.28. The molecule has 17 heavy (non-hydrogen) atoms. The predicted molar refractivity (Wildman–Crippen MR) is 65.8 cm³/mol. The average molecular weight is 258 g/mol. The van der Waals surface area contributed by atoms with Crippen LogP contribution in [0, 0.1) is 11.7 Å². The number of ether oxygens (including phenoxy) is 1. The lowest BCUT2D eigenvalue weighted by atomic mass is 9.89. The minimum absolute atomic E-state index is 0.0961. The summed E-state index contributed by atoms with van der Waals surface area (Å²) in [5.74, 6) is 0.581. The van der Waals surface area contributed by atoms with Crippen molar-refractivity contribution >= 4 is 11.6 Å². The maximum Gasteiger partial charge on any atom is 0.250 e. The first-order valence-corrected chi connectivity index (χ1v) is 6.60. The second kappa shape index (κ2) is 5.67. The van der Waals surface area contributed by atoms with Crippen molar-refractivity contribution in [3.63, 3.8) is 0 Å². The van der Waals surface area contributed by atoms with Gasteiger partial charge in [-0.1, -0.05) is 6.92 Å². The zero-order valence-corrected chi connectivity index (χ0v) is 10.7. The van der Waals surface area contributed by atoms with E-state index < -0.39 is 5.82 Å². The van der Waals surface area contributed by atoms with Crippen molar-refractivity contribution in [1.82, 2.24) is 4.98 Å². The van der Waals surface area contributed by atoms with Crippen molar-refractivity contribution in [2.45, 2.75) is 44.6 Å². The van der Waals surface area contributed by atoms with Gasteiger partial charge in [0.05, 0.1) is 5.88 Å². The van der Waals surface area contributed by atoms with Crippen LogP contribution in [0.15, 0.2) is 12.3 Å². The Hall–Kier alpha value is -0.830. The van der Waals surface area contributed by atoms with E-state index in [1.165, 1.54) is 0 Å². The summed E-state index contributed by atoms with van der Waals surface area (Å²) in [5, 5.41) is 0. The number of hydrogen-bond donors (Lipinski definition) is 0. The van der Waals surface area contributed by atoms with E-state index in [1.54, 1.807) is 12.3 Å². The molecule has 94 valence electrons. The maximum atomic E-state index is 13.8. The standard InChI is InChI=1S/C13H17ClFNO/c1-9-2-4-11(5-3-9)17-13-12(15)10(8-14)6-7-16-13/h6-7,9,11H,2-5,8H2,1H3. The molecule has 2 rings (SSSR count). The molecule has 0 atom stereocenters. The molecule has 0 unspecified atom stereocenters. The van der Waals surface area contributed by atoms with Crippen molar-refractivity contribution in [3.8, 4) is 5.88 Å². The highest BCUT2D eigenvalue weighted by Gasteiger charge is 2.21. The maximum absolute atomic E-state index is 13.8. The van der Waals surface area contributed by atoms with E-state index in [0.717, 1.165) is 31.6 Å². The number of hydrogen-bond acceptors (Lipinski definition) is 2. The van der Waals surface area contributed by atoms with E-state index in [1.807, 2.05) is 0 Å². The van der Waals surface area contributed by atoms with Gasteiger partial charge in [0.1, 0.15) is 6.10 Å². The van der Waals surface area contributed by atoms with Crippen molar-refractivity contribution < 1.29 is 9.13 Å². The first-order chi connectivity index (χ1) is 8.20. The zero-order chi connectivity index (χ0) is 12.3. The number of pyridine rings is 1. The van der Waals surface area contributed by atoms with Gasteiger partial charge in [0.2, 0.25) is 0 Å². The number of rotatable bonds is 3. The summed E-state index contributed by atoms with van der Waals surface area (Å²) in [4.78, 5) is 3.94. The van der Waals surface area contributed by atoms with Crippen LogP contribution in [0.1, 0.15) is 38.2 Å². The van der Waals surface area contributed by atoms with E-state index in [4.69, 9.17) is 16.3 Å². The summed E-state index contributed by atoms with van der Waals surface area (Å²) in [6.07, 6.45) is 5.88. The molecule has 0 bridgehead atoms. The SMILES string of the molecule is CC1CCC(Oc2nccc(CCl)c2F)CC1. The predicted octanol–water partition coefficient (Wildman–Crippen LogP) is 3.92. The Morgan fingerprint density at radius 1 is 1.41 bits per heavy atom. The van der Waals surface area contributed by atoms with Crippen LogP contribution in [0.3, 0.4) is 0 Å². The van der Waals surface area contributed by atoms with Gasteiger partial charge >= 0.3 is 0 Å². The molecule has 0 aromatic carbocycles. The van der Waals surface area contributed by atoms with Gasteiger partial charge in [0, 0.05) is 11.8 Å². The molecule has 0 aliphatic heterocycles. The Morgan fingerprint density at radius 3 is 2.76 bits per heavy atom. The van der Waals surface area contributed by atoms with Crippen molar-refractivity contribution in [2.24, 2.45) is 5.92 Å². The van der Waals surface area contributed by atoms with Gasteiger partial charge in [-0.05, 0) is 37.7 Å². The van der Waals surface area contributed by atoms with Gasteiger partial charge in [0.25, 0.3) is 5.88 Å². The van der Waals surface area contributed by atoms with E-state index in [9.17, 15) is 4.39 Å². The van der Waals surface area contributed by atoms with Crippen LogP contribution in [0.4, 0.5) is 4.39 Å². The molecule has 0 amide bonds. The first-order valence-electron chi connectivity index (χ1n) is 6.06. The number of halogens is 2. The Morgan fingerprint density at radius 2 is 2.12 bits per heavy atom. The largest absolute Gasteiger partial charge is 0.472 e. The fourth-order valence-electron chi connectivity index (χ4n) is 2.15. The van der Waals surface area contributed by atoms with Gasteiger partial charge < -0.3 is 4.74 Å². The minimum Gasteiger partial charge on any atom is -0.472 e. The van der Waals surface area contributed by atoms with Gasteiger partial charge in [-0.15, -0.1) is 11.6 Å². The normalized spacial score (nSPS) is 24.6. The second-order valence-corrected chi connectivity index (χ2v) is 4.99. The smallest absolute Gasteiger partial charge is 0.250 e. The molecule has 1 aromatic rings. The highest BCUT2D eigenvalue weighted by molar-refractivity contribution is 6.17. The monoisotopic (exact) mass is 257 g/mol. The topological polar surface area (TPSA) is 22.1 Å². The van der Waals surface area contributed by atoms with E-state index in [2.05, 4.69) is 11.9 Å². The summed E-state index contributed by atoms with van der Waals surface area (Å²) in [7, 11) is 0. The van der Waals surface area contributed by atoms with Crippen molar-refractivity contribution in [3.05, 3.63) is 23.6 Å². The van der Waals surface area contributed by atoms with E-state index >= 15 is 0 Å². The van der Waals surface area contributed by atoms with Crippen molar-refractivity contribution in [1.29, 1.82) is 0 Å². The lowest BCUT2D eigenvalue weighted by Gasteiger charge is -2.26. The van der Waals surface area contributed by atoms with E-state index in [0.29, 0.717) is 5.56 Å². The molecule has 1 fully saturated rings. The highest BCUT2D eigenvalue weighted by atomic mass is 35.5. The third kappa shape index (κ3) is 3.09. The molecule has 0 radical (unpaired) electrons. The van der Waals surface area contributed by atoms with Gasteiger partial charge in [-0.3, -0.25) is 0 Å². The Labute approximate surface area is 106 Å². The number of nitrogens with zero attached hydrogens (tertiary/aromatic N) is 1. The number of alkyl halides is 1. The molecule has 0 N–H and O–H groups in total. The molecule has 1 heterocycles. The summed E-state index contributed by atoms with van der Waals surface area (Å²) >= 11 is 5.64. The fraction of sp³-hybridized carbons (Fsp3) is 0.615. The Kier molecular flexibility index (Phi) is 4.21. The third-order valence-corrected chi connectivity index (χ3v) is 3.61. The van der Waals surface area contributed by atoms with E-state index in [-0.39, 0.29) is 17.9 Å².